The maximum atomic E-state index is 11.6. The van der Waals surface area contributed by atoms with E-state index in [2.05, 4.69) is 5.32 Å². The number of nitrogens with two attached hydrogens (primary N) is 1. The van der Waals surface area contributed by atoms with Gasteiger partial charge >= 0.3 is 0 Å². The van der Waals surface area contributed by atoms with E-state index in [1.165, 1.54) is 0 Å². The smallest absolute Gasteiger partial charge is 0.236 e. The van der Waals surface area contributed by atoms with Crippen LogP contribution in [0.1, 0.15) is 12.0 Å². The van der Waals surface area contributed by atoms with Crippen molar-refractivity contribution < 1.29 is 4.79 Å². The number of amides is 1. The Kier molecular flexibility index (Phi) is 10.1. The van der Waals surface area contributed by atoms with Gasteiger partial charge < -0.3 is 11.1 Å². The first-order chi connectivity index (χ1) is 8.63. The molecule has 0 unspecified atom stereocenters. The van der Waals surface area contributed by atoms with Gasteiger partial charge in [0.2, 0.25) is 5.91 Å². The number of carbonyl (C=O) groups excluding carboxylic acids is 1. The summed E-state index contributed by atoms with van der Waals surface area (Å²) in [6, 6.07) is 7.23. The summed E-state index contributed by atoms with van der Waals surface area (Å²) < 4.78 is 0. The largest absolute Gasteiger partial charge is 0.354 e. The van der Waals surface area contributed by atoms with E-state index in [1.54, 1.807) is 11.8 Å². The van der Waals surface area contributed by atoms with Gasteiger partial charge in [-0.2, -0.15) is 11.8 Å². The molecule has 0 saturated carbocycles. The lowest BCUT2D eigenvalue weighted by atomic mass is 10.1. The first kappa shape index (κ1) is 18.6. The van der Waals surface area contributed by atoms with Gasteiger partial charge in [0.25, 0.3) is 0 Å². The minimum Gasteiger partial charge on any atom is -0.354 e. The summed E-state index contributed by atoms with van der Waals surface area (Å²) in [7, 11) is 0. The molecule has 19 heavy (non-hydrogen) atoms. The van der Waals surface area contributed by atoms with Crippen LogP contribution in [0.2, 0.25) is 5.02 Å². The average molecular weight is 323 g/mol. The molecule has 1 atom stereocenters. The molecule has 3 nitrogen and oxygen atoms in total. The average Bonchev–Trinajstić information content (AvgIpc) is 2.35. The predicted molar refractivity (Wildman–Crippen MR) is 86.4 cm³/mol. The van der Waals surface area contributed by atoms with E-state index < -0.39 is 6.04 Å². The molecule has 1 aromatic carbocycles. The Balaban J connectivity index is 0.00000324. The molecule has 0 bridgehead atoms. The third-order valence-corrected chi connectivity index (χ3v) is 3.45. The first-order valence-electron chi connectivity index (χ1n) is 5.90. The molecule has 0 aliphatic rings. The van der Waals surface area contributed by atoms with Crippen molar-refractivity contribution in [1.82, 2.24) is 5.32 Å². The van der Waals surface area contributed by atoms with Crippen LogP contribution in [0.15, 0.2) is 24.3 Å². The molecule has 1 rings (SSSR count). The Morgan fingerprint density at radius 2 is 2.26 bits per heavy atom. The Hall–Kier alpha value is -0.420. The Labute approximate surface area is 130 Å². The van der Waals surface area contributed by atoms with E-state index >= 15 is 0 Å². The van der Waals surface area contributed by atoms with Gasteiger partial charge in [0.05, 0.1) is 6.04 Å². The van der Waals surface area contributed by atoms with Crippen molar-refractivity contribution >= 4 is 41.7 Å². The fourth-order valence-corrected chi connectivity index (χ4v) is 2.23. The molecular weight excluding hydrogens is 303 g/mol. The number of nitrogens with one attached hydrogen (secondary N) is 1. The van der Waals surface area contributed by atoms with Gasteiger partial charge in [-0.05, 0) is 42.5 Å². The maximum absolute atomic E-state index is 11.6. The Morgan fingerprint density at radius 1 is 1.53 bits per heavy atom. The van der Waals surface area contributed by atoms with Crippen molar-refractivity contribution in [2.24, 2.45) is 5.73 Å². The van der Waals surface area contributed by atoms with Gasteiger partial charge in [0.15, 0.2) is 0 Å². The van der Waals surface area contributed by atoms with Gasteiger partial charge in [-0.3, -0.25) is 4.79 Å². The summed E-state index contributed by atoms with van der Waals surface area (Å²) in [5.41, 5.74) is 6.87. The fraction of sp³-hybridized carbons (Fsp3) is 0.462. The lowest BCUT2D eigenvalue weighted by molar-refractivity contribution is -0.122. The molecule has 3 N–H and O–H groups in total. The quantitative estimate of drug-likeness (QED) is 0.811. The minimum atomic E-state index is -0.406. The van der Waals surface area contributed by atoms with Gasteiger partial charge in [-0.15, -0.1) is 12.4 Å². The van der Waals surface area contributed by atoms with Gasteiger partial charge in [-0.1, -0.05) is 23.7 Å². The maximum Gasteiger partial charge on any atom is 0.236 e. The summed E-state index contributed by atoms with van der Waals surface area (Å²) in [5, 5.41) is 3.56. The van der Waals surface area contributed by atoms with Crippen molar-refractivity contribution in [3.8, 4) is 0 Å². The normalized spacial score (nSPS) is 11.5. The van der Waals surface area contributed by atoms with Crippen LogP contribution in [0.3, 0.4) is 0 Å². The molecule has 0 heterocycles. The van der Waals surface area contributed by atoms with Gasteiger partial charge in [0.1, 0.15) is 0 Å². The summed E-state index contributed by atoms with van der Waals surface area (Å²) in [6.07, 6.45) is 3.48. The lowest BCUT2D eigenvalue weighted by Gasteiger charge is -2.11. The molecule has 1 aromatic rings. The van der Waals surface area contributed by atoms with Crippen LogP contribution >= 0.6 is 35.8 Å². The van der Waals surface area contributed by atoms with E-state index in [4.69, 9.17) is 17.3 Å². The lowest BCUT2D eigenvalue weighted by Crippen LogP contribution is -2.41. The van der Waals surface area contributed by atoms with Crippen LogP contribution in [0, 0.1) is 0 Å². The predicted octanol–water partition coefficient (Wildman–Crippen LogP) is 2.50. The molecule has 0 aliphatic carbocycles. The summed E-state index contributed by atoms with van der Waals surface area (Å²) in [6.45, 7) is 0.589. The van der Waals surface area contributed by atoms with Crippen LogP contribution in [-0.4, -0.2) is 30.5 Å². The number of benzene rings is 1. The molecule has 0 aliphatic heterocycles. The van der Waals surface area contributed by atoms with E-state index in [0.717, 1.165) is 22.8 Å². The van der Waals surface area contributed by atoms with Gasteiger partial charge in [-0.25, -0.2) is 0 Å². The molecule has 1 amide bonds. The highest BCUT2D eigenvalue weighted by Gasteiger charge is 2.11. The molecule has 6 heteroatoms. The van der Waals surface area contributed by atoms with Gasteiger partial charge in [0, 0.05) is 11.6 Å². The van der Waals surface area contributed by atoms with Crippen molar-refractivity contribution in [1.29, 1.82) is 0 Å². The second kappa shape index (κ2) is 10.4. The Morgan fingerprint density at radius 3 is 2.89 bits per heavy atom. The molecule has 0 radical (unpaired) electrons. The van der Waals surface area contributed by atoms with Crippen LogP contribution in [0.5, 0.6) is 0 Å². The van der Waals surface area contributed by atoms with E-state index in [9.17, 15) is 4.79 Å². The van der Waals surface area contributed by atoms with Crippen molar-refractivity contribution in [3.05, 3.63) is 34.9 Å². The summed E-state index contributed by atoms with van der Waals surface area (Å²) in [5.74, 6) is 0.828. The first-order valence-corrected chi connectivity index (χ1v) is 7.67. The second-order valence-electron chi connectivity index (χ2n) is 4.06. The minimum absolute atomic E-state index is 0. The monoisotopic (exact) mass is 322 g/mol. The number of carbonyl (C=O) groups is 1. The van der Waals surface area contributed by atoms with Crippen LogP contribution in [0.25, 0.3) is 0 Å². The number of hydrogen-bond donors (Lipinski definition) is 2. The Bertz CT molecular complexity index is 391. The third kappa shape index (κ3) is 7.67. The number of rotatable bonds is 7. The van der Waals surface area contributed by atoms with E-state index in [-0.39, 0.29) is 18.3 Å². The second-order valence-corrected chi connectivity index (χ2v) is 5.48. The summed E-state index contributed by atoms with van der Waals surface area (Å²) >= 11 is 7.58. The fourth-order valence-electron chi connectivity index (χ4n) is 1.53. The molecule has 0 spiro atoms. The molecular formula is C13H20Cl2N2OS. The topological polar surface area (TPSA) is 55.1 Å². The standard InChI is InChI=1S/C13H19ClN2OS.ClH/c1-18-8-6-12(15)13(17)16-7-5-10-3-2-4-11(14)9-10;/h2-4,9,12H,5-8,15H2,1H3,(H,16,17);1H/t12-;/m0./s1. The van der Waals surface area contributed by atoms with Crippen molar-refractivity contribution in [2.45, 2.75) is 18.9 Å². The number of thioether (sulfide) groups is 1. The van der Waals surface area contributed by atoms with Crippen molar-refractivity contribution in [2.75, 3.05) is 18.6 Å². The zero-order chi connectivity index (χ0) is 13.4. The van der Waals surface area contributed by atoms with Crippen LogP contribution in [0.4, 0.5) is 0 Å². The number of hydrogen-bond acceptors (Lipinski definition) is 3. The van der Waals surface area contributed by atoms with Crippen molar-refractivity contribution in [3.63, 3.8) is 0 Å². The third-order valence-electron chi connectivity index (χ3n) is 2.57. The zero-order valence-corrected chi connectivity index (χ0v) is 13.3. The molecule has 0 fully saturated rings. The summed E-state index contributed by atoms with van der Waals surface area (Å²) in [4.78, 5) is 11.6. The number of halogens is 2. The molecule has 0 saturated heterocycles. The van der Waals surface area contributed by atoms with Crippen LogP contribution < -0.4 is 11.1 Å². The van der Waals surface area contributed by atoms with E-state index in [1.807, 2.05) is 30.5 Å². The zero-order valence-electron chi connectivity index (χ0n) is 10.9. The van der Waals surface area contributed by atoms with Crippen LogP contribution in [-0.2, 0) is 11.2 Å². The highest BCUT2D eigenvalue weighted by atomic mass is 35.5. The SMILES string of the molecule is CSCC[C@H](N)C(=O)NCCc1cccc(Cl)c1.Cl. The highest BCUT2D eigenvalue weighted by Crippen LogP contribution is 2.10. The highest BCUT2D eigenvalue weighted by molar-refractivity contribution is 7.98. The molecule has 0 aromatic heterocycles. The van der Waals surface area contributed by atoms with E-state index in [0.29, 0.717) is 13.0 Å². The molecule has 108 valence electrons.